The van der Waals surface area contributed by atoms with Crippen molar-refractivity contribution in [1.29, 1.82) is 0 Å². The summed E-state index contributed by atoms with van der Waals surface area (Å²) < 4.78 is 0. The SMILES string of the molecule is C[Si](C)(C)C#C[C@H](O)[C@H](N)CO. The van der Waals surface area contributed by atoms with Gasteiger partial charge in [-0.1, -0.05) is 25.6 Å². The maximum Gasteiger partial charge on any atom is 0.131 e. The first-order valence-electron chi connectivity index (χ1n) is 3.94. The first kappa shape index (κ1) is 11.7. The Bertz CT molecular complexity index is 189. The minimum absolute atomic E-state index is 0.235. The molecule has 70 valence electrons. The van der Waals surface area contributed by atoms with Crippen molar-refractivity contribution in [2.24, 2.45) is 5.73 Å². The van der Waals surface area contributed by atoms with Crippen molar-refractivity contribution in [2.45, 2.75) is 31.8 Å². The van der Waals surface area contributed by atoms with Crippen molar-refractivity contribution in [3.63, 3.8) is 0 Å². The van der Waals surface area contributed by atoms with E-state index in [9.17, 15) is 5.11 Å². The van der Waals surface area contributed by atoms with Crippen LogP contribution in [0.4, 0.5) is 0 Å². The van der Waals surface area contributed by atoms with Crippen LogP contribution in [0.1, 0.15) is 0 Å². The van der Waals surface area contributed by atoms with Crippen molar-refractivity contribution < 1.29 is 10.2 Å². The summed E-state index contributed by atoms with van der Waals surface area (Å²) in [4.78, 5) is 0. The zero-order valence-electron chi connectivity index (χ0n) is 7.83. The van der Waals surface area contributed by atoms with Crippen LogP contribution in [0.5, 0.6) is 0 Å². The summed E-state index contributed by atoms with van der Waals surface area (Å²) in [6, 6.07) is -0.645. The molecule has 0 bridgehead atoms. The smallest absolute Gasteiger partial charge is 0.131 e. The zero-order chi connectivity index (χ0) is 9.78. The molecule has 0 fully saturated rings. The van der Waals surface area contributed by atoms with Crippen LogP contribution in [0.15, 0.2) is 0 Å². The Balaban J connectivity index is 4.13. The fraction of sp³-hybridized carbons (Fsp3) is 0.750. The summed E-state index contributed by atoms with van der Waals surface area (Å²) in [7, 11) is -1.44. The molecule has 0 aliphatic carbocycles. The van der Waals surface area contributed by atoms with E-state index >= 15 is 0 Å². The number of aliphatic hydroxyl groups excluding tert-OH is 2. The van der Waals surface area contributed by atoms with Crippen molar-refractivity contribution >= 4 is 8.07 Å². The highest BCUT2D eigenvalue weighted by molar-refractivity contribution is 6.83. The topological polar surface area (TPSA) is 66.5 Å². The van der Waals surface area contributed by atoms with Gasteiger partial charge in [0.2, 0.25) is 0 Å². The lowest BCUT2D eigenvalue weighted by molar-refractivity contribution is 0.151. The van der Waals surface area contributed by atoms with Crippen LogP contribution in [0.3, 0.4) is 0 Å². The highest BCUT2D eigenvalue weighted by Crippen LogP contribution is 1.97. The second-order valence-corrected chi connectivity index (χ2v) is 8.56. The van der Waals surface area contributed by atoms with Gasteiger partial charge in [0, 0.05) is 0 Å². The minimum atomic E-state index is -1.44. The third kappa shape index (κ3) is 5.33. The Labute approximate surface area is 74.6 Å². The van der Waals surface area contributed by atoms with Crippen LogP contribution < -0.4 is 5.73 Å². The fourth-order valence-corrected chi connectivity index (χ4v) is 1.08. The molecule has 0 aliphatic heterocycles. The van der Waals surface area contributed by atoms with Gasteiger partial charge < -0.3 is 15.9 Å². The number of aliphatic hydroxyl groups is 2. The van der Waals surface area contributed by atoms with Gasteiger partial charge in [-0.25, -0.2) is 0 Å². The van der Waals surface area contributed by atoms with Gasteiger partial charge >= 0.3 is 0 Å². The third-order valence-electron chi connectivity index (χ3n) is 1.21. The van der Waals surface area contributed by atoms with Gasteiger partial charge in [0.05, 0.1) is 12.6 Å². The second kappa shape index (κ2) is 4.63. The monoisotopic (exact) mass is 187 g/mol. The van der Waals surface area contributed by atoms with E-state index in [1.807, 2.05) is 0 Å². The highest BCUT2D eigenvalue weighted by atomic mass is 28.3. The van der Waals surface area contributed by atoms with Gasteiger partial charge in [0.25, 0.3) is 0 Å². The first-order chi connectivity index (χ1) is 5.37. The van der Waals surface area contributed by atoms with E-state index in [2.05, 4.69) is 31.1 Å². The standard InChI is InChI=1S/C8H17NO2Si/c1-12(2,3)5-4-8(11)7(9)6-10/h7-8,10-11H,6,9H2,1-3H3/t7-,8+/m1/s1. The average Bonchev–Trinajstić information content (AvgIpc) is 1.97. The van der Waals surface area contributed by atoms with Gasteiger partial charge in [0.1, 0.15) is 14.2 Å². The van der Waals surface area contributed by atoms with E-state index in [0.29, 0.717) is 0 Å². The largest absolute Gasteiger partial charge is 0.395 e. The fourth-order valence-electron chi connectivity index (χ4n) is 0.497. The molecule has 0 heterocycles. The number of hydrogen-bond donors (Lipinski definition) is 3. The van der Waals surface area contributed by atoms with E-state index in [1.54, 1.807) is 0 Å². The van der Waals surface area contributed by atoms with E-state index in [1.165, 1.54) is 0 Å². The normalized spacial score (nSPS) is 16.2. The molecular weight excluding hydrogens is 170 g/mol. The van der Waals surface area contributed by atoms with Crippen molar-refractivity contribution in [1.82, 2.24) is 0 Å². The van der Waals surface area contributed by atoms with E-state index in [-0.39, 0.29) is 6.61 Å². The lowest BCUT2D eigenvalue weighted by Crippen LogP contribution is -2.37. The van der Waals surface area contributed by atoms with Gasteiger partial charge in [-0.2, -0.15) is 0 Å². The summed E-state index contributed by atoms with van der Waals surface area (Å²) >= 11 is 0. The van der Waals surface area contributed by atoms with Gasteiger partial charge in [-0.3, -0.25) is 0 Å². The van der Waals surface area contributed by atoms with Crippen LogP contribution in [0.2, 0.25) is 19.6 Å². The van der Waals surface area contributed by atoms with Crippen LogP contribution in [-0.4, -0.2) is 37.0 Å². The Morgan fingerprint density at radius 1 is 1.42 bits per heavy atom. The molecule has 4 heteroatoms. The maximum atomic E-state index is 9.24. The highest BCUT2D eigenvalue weighted by Gasteiger charge is 2.12. The zero-order valence-corrected chi connectivity index (χ0v) is 8.83. The maximum absolute atomic E-state index is 9.24. The summed E-state index contributed by atoms with van der Waals surface area (Å²) in [6.07, 6.45) is -0.901. The molecule has 0 unspecified atom stereocenters. The Kier molecular flexibility index (Phi) is 4.49. The average molecular weight is 187 g/mol. The molecule has 0 aromatic heterocycles. The van der Waals surface area contributed by atoms with Crippen molar-refractivity contribution in [2.75, 3.05) is 6.61 Å². The molecule has 0 aromatic carbocycles. The van der Waals surface area contributed by atoms with Crippen LogP contribution >= 0.6 is 0 Å². The van der Waals surface area contributed by atoms with Gasteiger partial charge in [-0.05, 0) is 0 Å². The summed E-state index contributed by atoms with van der Waals surface area (Å²) in [5.41, 5.74) is 8.34. The number of nitrogens with two attached hydrogens (primary N) is 1. The molecular formula is C8H17NO2Si. The summed E-state index contributed by atoms with van der Waals surface area (Å²) in [5.74, 6) is 2.66. The van der Waals surface area contributed by atoms with E-state index in [4.69, 9.17) is 10.8 Å². The predicted molar refractivity (Wildman–Crippen MR) is 52.2 cm³/mol. The summed E-state index contributed by atoms with van der Waals surface area (Å²) in [5, 5.41) is 17.8. The molecule has 3 nitrogen and oxygen atoms in total. The van der Waals surface area contributed by atoms with E-state index < -0.39 is 20.2 Å². The van der Waals surface area contributed by atoms with Crippen molar-refractivity contribution in [3.05, 3.63) is 0 Å². The molecule has 0 rings (SSSR count). The Morgan fingerprint density at radius 2 is 1.92 bits per heavy atom. The second-order valence-electron chi connectivity index (χ2n) is 3.81. The molecule has 0 aromatic rings. The van der Waals surface area contributed by atoms with Crippen LogP contribution in [0.25, 0.3) is 0 Å². The van der Waals surface area contributed by atoms with Gasteiger partial charge in [0.15, 0.2) is 0 Å². The molecule has 0 aliphatic rings. The Hall–Kier alpha value is -0.343. The number of hydrogen-bond acceptors (Lipinski definition) is 3. The summed E-state index contributed by atoms with van der Waals surface area (Å²) in [6.45, 7) is 6.01. The predicted octanol–water partition coefficient (Wildman–Crippen LogP) is -0.452. The first-order valence-corrected chi connectivity index (χ1v) is 7.44. The molecule has 12 heavy (non-hydrogen) atoms. The molecule has 0 spiro atoms. The molecule has 0 amide bonds. The Morgan fingerprint density at radius 3 is 2.25 bits per heavy atom. The third-order valence-corrected chi connectivity index (χ3v) is 2.11. The minimum Gasteiger partial charge on any atom is -0.395 e. The quantitative estimate of drug-likeness (QED) is 0.405. The number of rotatable bonds is 2. The van der Waals surface area contributed by atoms with Crippen LogP contribution in [-0.2, 0) is 0 Å². The molecule has 0 radical (unpaired) electrons. The lowest BCUT2D eigenvalue weighted by atomic mass is 10.2. The van der Waals surface area contributed by atoms with Crippen molar-refractivity contribution in [3.8, 4) is 11.5 Å². The van der Waals surface area contributed by atoms with Gasteiger partial charge in [-0.15, -0.1) is 5.54 Å². The lowest BCUT2D eigenvalue weighted by Gasteiger charge is -2.11. The molecule has 4 N–H and O–H groups in total. The molecule has 0 saturated carbocycles. The molecule has 0 saturated heterocycles. The van der Waals surface area contributed by atoms with E-state index in [0.717, 1.165) is 0 Å². The van der Waals surface area contributed by atoms with Crippen LogP contribution in [0, 0.1) is 11.5 Å². The molecule has 2 atom stereocenters.